The van der Waals surface area contributed by atoms with E-state index in [1.165, 1.54) is 31.6 Å². The van der Waals surface area contributed by atoms with Crippen molar-refractivity contribution in [1.82, 2.24) is 5.32 Å². The van der Waals surface area contributed by atoms with Gasteiger partial charge in [0.05, 0.1) is 0 Å². The van der Waals surface area contributed by atoms with Gasteiger partial charge in [0.2, 0.25) is 0 Å². The molecule has 2 unspecified atom stereocenters. The van der Waals surface area contributed by atoms with E-state index in [0.717, 1.165) is 24.9 Å². The van der Waals surface area contributed by atoms with E-state index in [2.05, 4.69) is 42.3 Å². The molecular formula is C16H24N2. The van der Waals surface area contributed by atoms with Gasteiger partial charge in [-0.1, -0.05) is 26.0 Å². The molecular weight excluding hydrogens is 220 g/mol. The first kappa shape index (κ1) is 12.0. The second-order valence-electron chi connectivity index (χ2n) is 6.19. The molecule has 98 valence electrons. The van der Waals surface area contributed by atoms with E-state index in [0.29, 0.717) is 0 Å². The van der Waals surface area contributed by atoms with Crippen molar-refractivity contribution in [3.63, 3.8) is 0 Å². The summed E-state index contributed by atoms with van der Waals surface area (Å²) in [4.78, 5) is 2.62. The highest BCUT2D eigenvalue weighted by Gasteiger charge is 2.24. The molecule has 1 aromatic carbocycles. The second-order valence-corrected chi connectivity index (χ2v) is 6.19. The van der Waals surface area contributed by atoms with Crippen molar-refractivity contribution < 1.29 is 0 Å². The molecule has 2 nitrogen and oxygen atoms in total. The van der Waals surface area contributed by atoms with Crippen molar-refractivity contribution in [2.75, 3.05) is 24.5 Å². The van der Waals surface area contributed by atoms with Crippen LogP contribution in [0, 0.1) is 11.8 Å². The molecule has 1 saturated heterocycles. The van der Waals surface area contributed by atoms with E-state index < -0.39 is 0 Å². The Morgan fingerprint density at radius 1 is 1.17 bits per heavy atom. The molecule has 2 aliphatic rings. The Balaban J connectivity index is 1.91. The summed E-state index contributed by atoms with van der Waals surface area (Å²) in [6, 6.07) is 6.86. The van der Waals surface area contributed by atoms with Crippen LogP contribution in [0.15, 0.2) is 18.2 Å². The lowest BCUT2D eigenvalue weighted by molar-refractivity contribution is 0.356. The van der Waals surface area contributed by atoms with Gasteiger partial charge in [-0.2, -0.15) is 0 Å². The summed E-state index contributed by atoms with van der Waals surface area (Å²) in [5.74, 6) is 1.64. The highest BCUT2D eigenvalue weighted by molar-refractivity contribution is 5.58. The summed E-state index contributed by atoms with van der Waals surface area (Å²) in [5, 5.41) is 3.52. The van der Waals surface area contributed by atoms with Gasteiger partial charge in [0, 0.05) is 25.3 Å². The summed E-state index contributed by atoms with van der Waals surface area (Å²) in [7, 11) is 0. The quantitative estimate of drug-likeness (QED) is 0.817. The van der Waals surface area contributed by atoms with Gasteiger partial charge in [-0.15, -0.1) is 0 Å². The maximum absolute atomic E-state index is 3.52. The lowest BCUT2D eigenvalue weighted by Gasteiger charge is -2.38. The highest BCUT2D eigenvalue weighted by atomic mass is 15.1. The Morgan fingerprint density at radius 3 is 2.72 bits per heavy atom. The summed E-state index contributed by atoms with van der Waals surface area (Å²) < 4.78 is 0. The van der Waals surface area contributed by atoms with Crippen LogP contribution in [0.1, 0.15) is 31.4 Å². The van der Waals surface area contributed by atoms with Gasteiger partial charge in [-0.3, -0.25) is 0 Å². The van der Waals surface area contributed by atoms with Gasteiger partial charge in [-0.05, 0) is 48.4 Å². The average Bonchev–Trinajstić information content (AvgIpc) is 2.37. The molecule has 2 heterocycles. The number of piperidine rings is 1. The van der Waals surface area contributed by atoms with Gasteiger partial charge in [0.1, 0.15) is 0 Å². The van der Waals surface area contributed by atoms with Crippen molar-refractivity contribution in [2.24, 2.45) is 11.8 Å². The van der Waals surface area contributed by atoms with Crippen molar-refractivity contribution in [1.29, 1.82) is 0 Å². The molecule has 0 aromatic heterocycles. The molecule has 1 aromatic rings. The number of benzene rings is 1. The fourth-order valence-electron chi connectivity index (χ4n) is 3.65. The molecule has 1 fully saturated rings. The van der Waals surface area contributed by atoms with E-state index >= 15 is 0 Å². The Kier molecular flexibility index (Phi) is 3.29. The number of nitrogens with one attached hydrogen (secondary N) is 1. The predicted molar refractivity (Wildman–Crippen MR) is 77.0 cm³/mol. The fourth-order valence-corrected chi connectivity index (χ4v) is 3.65. The minimum absolute atomic E-state index is 0.821. The summed E-state index contributed by atoms with van der Waals surface area (Å²) in [5.41, 5.74) is 4.58. The Morgan fingerprint density at radius 2 is 1.94 bits per heavy atom. The van der Waals surface area contributed by atoms with E-state index in [1.807, 2.05) is 0 Å². The molecule has 0 amide bonds. The van der Waals surface area contributed by atoms with Crippen LogP contribution in [0.3, 0.4) is 0 Å². The summed E-state index contributed by atoms with van der Waals surface area (Å²) in [6.07, 6.45) is 2.56. The normalized spacial score (nSPS) is 28.0. The molecule has 2 atom stereocenters. The van der Waals surface area contributed by atoms with Crippen LogP contribution in [0.25, 0.3) is 0 Å². The number of nitrogens with zero attached hydrogens (tertiary/aromatic N) is 1. The molecule has 0 bridgehead atoms. The molecule has 2 heteroatoms. The van der Waals surface area contributed by atoms with Crippen molar-refractivity contribution in [3.05, 3.63) is 29.3 Å². The maximum atomic E-state index is 3.52. The van der Waals surface area contributed by atoms with E-state index in [4.69, 9.17) is 0 Å². The third-order valence-corrected chi connectivity index (χ3v) is 4.33. The largest absolute Gasteiger partial charge is 0.371 e. The summed E-state index contributed by atoms with van der Waals surface area (Å²) in [6.45, 7) is 9.39. The van der Waals surface area contributed by atoms with Gasteiger partial charge in [0.25, 0.3) is 0 Å². The number of rotatable bonds is 1. The first-order valence-electron chi connectivity index (χ1n) is 7.30. The topological polar surface area (TPSA) is 15.3 Å². The van der Waals surface area contributed by atoms with Crippen LogP contribution in [0.4, 0.5) is 5.69 Å². The van der Waals surface area contributed by atoms with Gasteiger partial charge < -0.3 is 10.2 Å². The SMILES string of the molecule is CC1CC(C)CN(c2cccc3c2CNCC3)C1. The standard InChI is InChI=1S/C16H24N2/c1-12-8-13(2)11-18(10-12)16-5-3-4-14-6-7-17-9-15(14)16/h3-5,12-13,17H,6-11H2,1-2H3. The van der Waals surface area contributed by atoms with Crippen LogP contribution in [0.2, 0.25) is 0 Å². The highest BCUT2D eigenvalue weighted by Crippen LogP contribution is 2.31. The predicted octanol–water partition coefficient (Wildman–Crippen LogP) is 2.81. The van der Waals surface area contributed by atoms with Gasteiger partial charge >= 0.3 is 0 Å². The average molecular weight is 244 g/mol. The van der Waals surface area contributed by atoms with Crippen LogP contribution in [-0.4, -0.2) is 19.6 Å². The lowest BCUT2D eigenvalue weighted by Crippen LogP contribution is -2.40. The van der Waals surface area contributed by atoms with Crippen molar-refractivity contribution in [3.8, 4) is 0 Å². The molecule has 0 saturated carbocycles. The molecule has 0 aliphatic carbocycles. The Labute approximate surface area is 110 Å². The zero-order valence-electron chi connectivity index (χ0n) is 11.6. The number of fused-ring (bicyclic) bond motifs is 1. The number of hydrogen-bond acceptors (Lipinski definition) is 2. The molecule has 0 radical (unpaired) electrons. The number of hydrogen-bond donors (Lipinski definition) is 1. The Bertz CT molecular complexity index is 417. The molecule has 18 heavy (non-hydrogen) atoms. The van der Waals surface area contributed by atoms with E-state index in [1.54, 1.807) is 11.1 Å². The van der Waals surface area contributed by atoms with E-state index in [-0.39, 0.29) is 0 Å². The zero-order chi connectivity index (χ0) is 12.5. The minimum Gasteiger partial charge on any atom is -0.371 e. The minimum atomic E-state index is 0.821. The smallest absolute Gasteiger partial charge is 0.0414 e. The Hall–Kier alpha value is -1.02. The van der Waals surface area contributed by atoms with E-state index in [9.17, 15) is 0 Å². The third kappa shape index (κ3) is 2.26. The van der Waals surface area contributed by atoms with Crippen LogP contribution in [0.5, 0.6) is 0 Å². The monoisotopic (exact) mass is 244 g/mol. The lowest BCUT2D eigenvalue weighted by atomic mass is 9.90. The molecule has 0 spiro atoms. The summed E-state index contributed by atoms with van der Waals surface area (Å²) >= 11 is 0. The van der Waals surface area contributed by atoms with Gasteiger partial charge in [0.15, 0.2) is 0 Å². The van der Waals surface area contributed by atoms with Crippen molar-refractivity contribution in [2.45, 2.75) is 33.2 Å². The molecule has 2 aliphatic heterocycles. The fraction of sp³-hybridized carbons (Fsp3) is 0.625. The maximum Gasteiger partial charge on any atom is 0.0414 e. The molecule has 3 rings (SSSR count). The van der Waals surface area contributed by atoms with Crippen LogP contribution >= 0.6 is 0 Å². The van der Waals surface area contributed by atoms with Crippen molar-refractivity contribution >= 4 is 5.69 Å². The number of anilines is 1. The van der Waals surface area contributed by atoms with Crippen LogP contribution in [-0.2, 0) is 13.0 Å². The second kappa shape index (κ2) is 4.93. The van der Waals surface area contributed by atoms with Crippen LogP contribution < -0.4 is 10.2 Å². The molecule has 1 N–H and O–H groups in total. The zero-order valence-corrected chi connectivity index (χ0v) is 11.6. The first-order valence-corrected chi connectivity index (χ1v) is 7.30. The third-order valence-electron chi connectivity index (χ3n) is 4.33. The van der Waals surface area contributed by atoms with Gasteiger partial charge in [-0.25, -0.2) is 0 Å². The first-order chi connectivity index (χ1) is 8.74.